The highest BCUT2D eigenvalue weighted by Gasteiger charge is 2.07. The molecule has 108 valence electrons. The number of nitrogens with zero attached hydrogens (tertiary/aromatic N) is 2. The van der Waals surface area contributed by atoms with Crippen LogP contribution in [0.3, 0.4) is 0 Å². The number of aromatic nitrogens is 2. The summed E-state index contributed by atoms with van der Waals surface area (Å²) in [5.41, 5.74) is 0.870. The van der Waals surface area contributed by atoms with Gasteiger partial charge in [0, 0.05) is 24.3 Å². The number of aryl methyl sites for hydroxylation is 2. The van der Waals surface area contributed by atoms with E-state index in [4.69, 9.17) is 0 Å². The van der Waals surface area contributed by atoms with Crippen molar-refractivity contribution in [2.45, 2.75) is 66.0 Å². The summed E-state index contributed by atoms with van der Waals surface area (Å²) in [4.78, 5) is 16.2. The lowest BCUT2D eigenvalue weighted by Gasteiger charge is -2.17. The summed E-state index contributed by atoms with van der Waals surface area (Å²) in [6.45, 7) is 9.99. The van der Waals surface area contributed by atoms with Gasteiger partial charge >= 0.3 is 0 Å². The number of hydrogen-bond acceptors (Lipinski definition) is 3. The summed E-state index contributed by atoms with van der Waals surface area (Å²) in [6.07, 6.45) is 4.42. The topological polar surface area (TPSA) is 46.9 Å². The summed E-state index contributed by atoms with van der Waals surface area (Å²) in [5.74, 6) is 0.819. The van der Waals surface area contributed by atoms with Crippen LogP contribution in [0.1, 0.15) is 51.0 Å². The molecule has 0 radical (unpaired) electrons. The van der Waals surface area contributed by atoms with Gasteiger partial charge in [0.05, 0.1) is 0 Å². The Kier molecular flexibility index (Phi) is 6.78. The lowest BCUT2D eigenvalue weighted by Crippen LogP contribution is -2.30. The number of hydrogen-bond donors (Lipinski definition) is 1. The molecule has 4 nitrogen and oxygen atoms in total. The molecule has 1 heterocycles. The predicted molar refractivity (Wildman–Crippen MR) is 79.6 cm³/mol. The Hall–Kier alpha value is -1.16. The van der Waals surface area contributed by atoms with Gasteiger partial charge in [-0.15, -0.1) is 0 Å². The van der Waals surface area contributed by atoms with Gasteiger partial charge in [0.2, 0.25) is 0 Å². The Morgan fingerprint density at radius 3 is 2.68 bits per heavy atom. The second kappa shape index (κ2) is 8.10. The molecule has 1 rings (SSSR count). The van der Waals surface area contributed by atoms with E-state index in [1.807, 2.05) is 13.8 Å². The van der Waals surface area contributed by atoms with Gasteiger partial charge in [0.1, 0.15) is 5.82 Å². The Labute approximate surface area is 116 Å². The van der Waals surface area contributed by atoms with Crippen LogP contribution < -0.4 is 10.9 Å². The summed E-state index contributed by atoms with van der Waals surface area (Å²) in [7, 11) is 0. The first kappa shape index (κ1) is 15.9. The molecule has 0 aliphatic rings. The van der Waals surface area contributed by atoms with E-state index in [-0.39, 0.29) is 5.56 Å². The van der Waals surface area contributed by atoms with Gasteiger partial charge in [0.15, 0.2) is 0 Å². The van der Waals surface area contributed by atoms with Crippen molar-refractivity contribution in [1.29, 1.82) is 0 Å². The molecule has 1 aromatic heterocycles. The van der Waals surface area contributed by atoms with E-state index < -0.39 is 0 Å². The van der Waals surface area contributed by atoms with Gasteiger partial charge in [-0.05, 0) is 46.1 Å². The highest BCUT2D eigenvalue weighted by atomic mass is 16.1. The second-order valence-corrected chi connectivity index (χ2v) is 5.14. The standard InChI is InChI=1S/C15H27N3O/c1-5-9-16-14(6-2)8-7-10-18-13(4)17-12(3)11-15(18)19/h11,14,16H,5-10H2,1-4H3. The average Bonchev–Trinajstić information content (AvgIpc) is 2.36. The predicted octanol–water partition coefficient (Wildman–Crippen LogP) is 2.42. The van der Waals surface area contributed by atoms with Crippen molar-refractivity contribution in [2.75, 3.05) is 6.54 Å². The van der Waals surface area contributed by atoms with E-state index in [9.17, 15) is 4.79 Å². The van der Waals surface area contributed by atoms with Crippen LogP contribution in [0.2, 0.25) is 0 Å². The Balaban J connectivity index is 2.51. The van der Waals surface area contributed by atoms with Gasteiger partial charge in [-0.3, -0.25) is 9.36 Å². The molecule has 0 fully saturated rings. The molecular formula is C15H27N3O. The van der Waals surface area contributed by atoms with Crippen LogP contribution in [-0.4, -0.2) is 22.1 Å². The molecule has 19 heavy (non-hydrogen) atoms. The van der Waals surface area contributed by atoms with Crippen molar-refractivity contribution in [1.82, 2.24) is 14.9 Å². The molecule has 0 spiro atoms. The quantitative estimate of drug-likeness (QED) is 0.785. The van der Waals surface area contributed by atoms with Crippen molar-refractivity contribution < 1.29 is 0 Å². The van der Waals surface area contributed by atoms with E-state index >= 15 is 0 Å². The third-order valence-electron chi connectivity index (χ3n) is 3.44. The maximum atomic E-state index is 11.9. The molecule has 1 N–H and O–H groups in total. The third-order valence-corrected chi connectivity index (χ3v) is 3.44. The van der Waals surface area contributed by atoms with Crippen molar-refractivity contribution >= 4 is 0 Å². The largest absolute Gasteiger partial charge is 0.314 e. The summed E-state index contributed by atoms with van der Waals surface area (Å²) in [5, 5.41) is 3.54. The highest BCUT2D eigenvalue weighted by Crippen LogP contribution is 2.04. The maximum Gasteiger partial charge on any atom is 0.253 e. The fourth-order valence-electron chi connectivity index (χ4n) is 2.33. The summed E-state index contributed by atoms with van der Waals surface area (Å²) >= 11 is 0. The molecule has 1 unspecified atom stereocenters. The maximum absolute atomic E-state index is 11.9. The first-order valence-electron chi connectivity index (χ1n) is 7.37. The molecule has 0 saturated heterocycles. The smallest absolute Gasteiger partial charge is 0.253 e. The van der Waals surface area contributed by atoms with Crippen molar-refractivity contribution in [3.05, 3.63) is 27.9 Å². The molecule has 0 amide bonds. The van der Waals surface area contributed by atoms with Crippen LogP contribution in [0.15, 0.2) is 10.9 Å². The number of nitrogens with one attached hydrogen (secondary N) is 1. The molecule has 0 aromatic carbocycles. The number of rotatable bonds is 8. The van der Waals surface area contributed by atoms with Gasteiger partial charge < -0.3 is 5.32 Å². The van der Waals surface area contributed by atoms with E-state index in [2.05, 4.69) is 24.1 Å². The minimum absolute atomic E-state index is 0.0690. The van der Waals surface area contributed by atoms with Crippen molar-refractivity contribution in [3.8, 4) is 0 Å². The summed E-state index contributed by atoms with van der Waals surface area (Å²) in [6, 6.07) is 2.17. The van der Waals surface area contributed by atoms with Gasteiger partial charge in [-0.25, -0.2) is 4.98 Å². The Bertz CT molecular complexity index is 440. The molecule has 4 heteroatoms. The SMILES string of the molecule is CCCNC(CC)CCCn1c(C)nc(C)cc1=O. The van der Waals surface area contributed by atoms with Crippen LogP contribution in [0.25, 0.3) is 0 Å². The molecule has 1 atom stereocenters. The Morgan fingerprint density at radius 2 is 2.11 bits per heavy atom. The molecule has 0 aliphatic heterocycles. The minimum atomic E-state index is 0.0690. The monoisotopic (exact) mass is 265 g/mol. The zero-order valence-electron chi connectivity index (χ0n) is 12.7. The van der Waals surface area contributed by atoms with Crippen LogP contribution in [0.5, 0.6) is 0 Å². The lowest BCUT2D eigenvalue weighted by molar-refractivity contribution is 0.434. The van der Waals surface area contributed by atoms with Crippen LogP contribution in [0, 0.1) is 13.8 Å². The van der Waals surface area contributed by atoms with E-state index in [1.165, 1.54) is 0 Å². The average molecular weight is 265 g/mol. The normalized spacial score (nSPS) is 12.6. The first-order valence-corrected chi connectivity index (χ1v) is 7.37. The van der Waals surface area contributed by atoms with Crippen LogP contribution >= 0.6 is 0 Å². The highest BCUT2D eigenvalue weighted by molar-refractivity contribution is 5.01. The second-order valence-electron chi connectivity index (χ2n) is 5.14. The van der Waals surface area contributed by atoms with Gasteiger partial charge in [-0.2, -0.15) is 0 Å². The first-order chi connectivity index (χ1) is 9.08. The van der Waals surface area contributed by atoms with Gasteiger partial charge in [-0.1, -0.05) is 13.8 Å². The van der Waals surface area contributed by atoms with E-state index in [1.54, 1.807) is 10.6 Å². The van der Waals surface area contributed by atoms with Crippen molar-refractivity contribution in [3.63, 3.8) is 0 Å². The van der Waals surface area contributed by atoms with Crippen molar-refractivity contribution in [2.24, 2.45) is 0 Å². The lowest BCUT2D eigenvalue weighted by atomic mass is 10.1. The van der Waals surface area contributed by atoms with Gasteiger partial charge in [0.25, 0.3) is 5.56 Å². The zero-order chi connectivity index (χ0) is 14.3. The zero-order valence-corrected chi connectivity index (χ0v) is 12.7. The third kappa shape index (κ3) is 5.15. The molecule has 0 bridgehead atoms. The van der Waals surface area contributed by atoms with E-state index in [0.717, 1.165) is 50.3 Å². The van der Waals surface area contributed by atoms with Crippen LogP contribution in [-0.2, 0) is 6.54 Å². The van der Waals surface area contributed by atoms with E-state index in [0.29, 0.717) is 6.04 Å². The molecule has 0 aliphatic carbocycles. The molecular weight excluding hydrogens is 238 g/mol. The van der Waals surface area contributed by atoms with Crippen LogP contribution in [0.4, 0.5) is 0 Å². The minimum Gasteiger partial charge on any atom is -0.314 e. The Morgan fingerprint density at radius 1 is 1.37 bits per heavy atom. The molecule has 1 aromatic rings. The summed E-state index contributed by atoms with van der Waals surface area (Å²) < 4.78 is 1.78. The fraction of sp³-hybridized carbons (Fsp3) is 0.733. The molecule has 0 saturated carbocycles. The fourth-order valence-corrected chi connectivity index (χ4v) is 2.33.